The van der Waals surface area contributed by atoms with E-state index in [4.69, 9.17) is 9.57 Å². The summed E-state index contributed by atoms with van der Waals surface area (Å²) in [5.41, 5.74) is -0.912. The molecule has 0 aliphatic rings. The van der Waals surface area contributed by atoms with Crippen LogP contribution in [0.5, 0.6) is 5.75 Å². The van der Waals surface area contributed by atoms with Gasteiger partial charge in [-0.25, -0.2) is 0 Å². The summed E-state index contributed by atoms with van der Waals surface area (Å²) in [6, 6.07) is 7.50. The summed E-state index contributed by atoms with van der Waals surface area (Å²) in [6.45, 7) is 9.41. The zero-order valence-electron chi connectivity index (χ0n) is 16.9. The number of nitrogens with zero attached hydrogens (tertiary/aromatic N) is 2. The highest BCUT2D eigenvalue weighted by molar-refractivity contribution is 9.10. The van der Waals surface area contributed by atoms with E-state index in [1.165, 1.54) is 11.8 Å². The van der Waals surface area contributed by atoms with Gasteiger partial charge in [-0.15, -0.1) is 11.8 Å². The normalized spacial score (nSPS) is 13.5. The van der Waals surface area contributed by atoms with Gasteiger partial charge in [0.1, 0.15) is 11.4 Å². The standard InChI is InChI=1S/C20H26BrN3O3S/c1-19(2,3)27-23-12-20(4,5)24-17(25)18(28-6)26-15-7-8-16-13(10-15)9-14(21)11-22-16/h7-12,18H,1-6H3,(H,24,25). The number of pyridine rings is 1. The Morgan fingerprint density at radius 2 is 2.00 bits per heavy atom. The molecule has 1 atom stereocenters. The van der Waals surface area contributed by atoms with Crippen molar-refractivity contribution < 1.29 is 14.4 Å². The van der Waals surface area contributed by atoms with E-state index >= 15 is 0 Å². The first-order valence-electron chi connectivity index (χ1n) is 8.78. The maximum atomic E-state index is 12.7. The number of thioether (sulfide) groups is 1. The van der Waals surface area contributed by atoms with Gasteiger partial charge < -0.3 is 14.9 Å². The van der Waals surface area contributed by atoms with Gasteiger partial charge in [-0.1, -0.05) is 5.16 Å². The fourth-order valence-corrected chi connectivity index (χ4v) is 3.04. The van der Waals surface area contributed by atoms with Gasteiger partial charge in [-0.3, -0.25) is 9.78 Å². The van der Waals surface area contributed by atoms with E-state index in [1.54, 1.807) is 12.4 Å². The molecule has 1 N–H and O–H groups in total. The van der Waals surface area contributed by atoms with Gasteiger partial charge in [-0.2, -0.15) is 0 Å². The van der Waals surface area contributed by atoms with Crippen LogP contribution in [0, 0.1) is 0 Å². The molecule has 0 spiro atoms. The monoisotopic (exact) mass is 467 g/mol. The summed E-state index contributed by atoms with van der Waals surface area (Å²) >= 11 is 4.73. The van der Waals surface area contributed by atoms with Gasteiger partial charge in [-0.05, 0) is 81.1 Å². The lowest BCUT2D eigenvalue weighted by molar-refractivity contribution is -0.125. The minimum Gasteiger partial charge on any atom is -0.470 e. The Morgan fingerprint density at radius 3 is 2.64 bits per heavy atom. The Balaban J connectivity index is 2.06. The lowest BCUT2D eigenvalue weighted by Crippen LogP contribution is -2.49. The molecule has 2 aromatic rings. The molecular weight excluding hydrogens is 442 g/mol. The quantitative estimate of drug-likeness (QED) is 0.360. The van der Waals surface area contributed by atoms with Crippen LogP contribution in [0.15, 0.2) is 40.1 Å². The molecule has 8 heteroatoms. The first kappa shape index (κ1) is 22.5. The van der Waals surface area contributed by atoms with E-state index in [1.807, 2.05) is 65.1 Å². The molecule has 6 nitrogen and oxygen atoms in total. The van der Waals surface area contributed by atoms with Gasteiger partial charge in [0.25, 0.3) is 5.91 Å². The summed E-state index contributed by atoms with van der Waals surface area (Å²) in [5.74, 6) is 0.358. The average Bonchev–Trinajstić information content (AvgIpc) is 2.57. The average molecular weight is 468 g/mol. The number of hydrogen-bond acceptors (Lipinski definition) is 6. The largest absolute Gasteiger partial charge is 0.470 e. The Labute approximate surface area is 178 Å². The molecule has 0 aliphatic heterocycles. The van der Waals surface area contributed by atoms with Crippen molar-refractivity contribution in [1.29, 1.82) is 0 Å². The molecule has 1 heterocycles. The van der Waals surface area contributed by atoms with E-state index in [9.17, 15) is 4.79 Å². The predicted octanol–water partition coefficient (Wildman–Crippen LogP) is 4.76. The number of aromatic nitrogens is 1. The van der Waals surface area contributed by atoms with Gasteiger partial charge in [0.2, 0.25) is 5.44 Å². The highest BCUT2D eigenvalue weighted by Gasteiger charge is 2.26. The number of benzene rings is 1. The van der Waals surface area contributed by atoms with E-state index < -0.39 is 11.0 Å². The van der Waals surface area contributed by atoms with Crippen LogP contribution in [0.25, 0.3) is 10.9 Å². The molecule has 1 unspecified atom stereocenters. The summed E-state index contributed by atoms with van der Waals surface area (Å²) in [5, 5.41) is 7.84. The maximum Gasteiger partial charge on any atom is 0.272 e. The van der Waals surface area contributed by atoms with Crippen LogP contribution in [0.3, 0.4) is 0 Å². The lowest BCUT2D eigenvalue weighted by Gasteiger charge is -2.25. The minimum absolute atomic E-state index is 0.243. The van der Waals surface area contributed by atoms with Crippen LogP contribution in [-0.4, -0.2) is 39.9 Å². The smallest absolute Gasteiger partial charge is 0.272 e. The van der Waals surface area contributed by atoms with Crippen molar-refractivity contribution in [3.05, 3.63) is 34.9 Å². The molecule has 1 aromatic heterocycles. The van der Waals surface area contributed by atoms with Crippen LogP contribution in [-0.2, 0) is 9.63 Å². The molecule has 0 aliphatic carbocycles. The Bertz CT molecular complexity index is 865. The van der Waals surface area contributed by atoms with Crippen LogP contribution >= 0.6 is 27.7 Å². The van der Waals surface area contributed by atoms with Gasteiger partial charge in [0.15, 0.2) is 0 Å². The number of ether oxygens (including phenoxy) is 1. The number of nitrogens with one attached hydrogen (secondary N) is 1. The van der Waals surface area contributed by atoms with Gasteiger partial charge in [0, 0.05) is 16.1 Å². The molecule has 152 valence electrons. The second kappa shape index (κ2) is 9.13. The number of carbonyl (C=O) groups excluding carboxylic acids is 1. The van der Waals surface area contributed by atoms with Crippen molar-refractivity contribution in [2.75, 3.05) is 6.26 Å². The Kier molecular flexibility index (Phi) is 7.33. The second-order valence-electron chi connectivity index (χ2n) is 7.84. The molecule has 0 bridgehead atoms. The van der Waals surface area contributed by atoms with Crippen molar-refractivity contribution in [3.63, 3.8) is 0 Å². The number of hydrogen-bond donors (Lipinski definition) is 1. The first-order chi connectivity index (χ1) is 13.0. The lowest BCUT2D eigenvalue weighted by atomic mass is 10.1. The summed E-state index contributed by atoms with van der Waals surface area (Å²) in [4.78, 5) is 22.4. The number of halogens is 1. The molecular formula is C20H26BrN3O3S. The maximum absolute atomic E-state index is 12.7. The van der Waals surface area contributed by atoms with Crippen molar-refractivity contribution in [3.8, 4) is 5.75 Å². The van der Waals surface area contributed by atoms with Crippen LogP contribution in [0.2, 0.25) is 0 Å². The molecule has 2 rings (SSSR count). The highest BCUT2D eigenvalue weighted by Crippen LogP contribution is 2.24. The van der Waals surface area contributed by atoms with Crippen LogP contribution in [0.4, 0.5) is 0 Å². The minimum atomic E-state index is -0.700. The van der Waals surface area contributed by atoms with E-state index in [-0.39, 0.29) is 11.5 Å². The highest BCUT2D eigenvalue weighted by atomic mass is 79.9. The zero-order chi connectivity index (χ0) is 20.9. The Hall–Kier alpha value is -1.80. The van der Waals surface area contributed by atoms with Crippen molar-refractivity contribution in [2.45, 2.75) is 51.2 Å². The first-order valence-corrected chi connectivity index (χ1v) is 10.9. The third kappa shape index (κ3) is 6.98. The number of fused-ring (bicyclic) bond motifs is 1. The topological polar surface area (TPSA) is 72.8 Å². The second-order valence-corrected chi connectivity index (χ2v) is 9.66. The van der Waals surface area contributed by atoms with Crippen molar-refractivity contribution >= 4 is 50.7 Å². The summed E-state index contributed by atoms with van der Waals surface area (Å²) in [6.07, 6.45) is 5.15. The number of amides is 1. The number of rotatable bonds is 7. The molecule has 0 fully saturated rings. The molecule has 0 saturated heterocycles. The SMILES string of the molecule is CSC(Oc1ccc2ncc(Br)cc2c1)C(=O)NC(C)(C)C=NOC(C)(C)C. The number of oxime groups is 1. The summed E-state index contributed by atoms with van der Waals surface area (Å²) in [7, 11) is 0. The van der Waals surface area contributed by atoms with Crippen molar-refractivity contribution in [1.82, 2.24) is 10.3 Å². The predicted molar refractivity (Wildman–Crippen MR) is 119 cm³/mol. The van der Waals surface area contributed by atoms with Crippen LogP contribution < -0.4 is 10.1 Å². The van der Waals surface area contributed by atoms with E-state index in [0.717, 1.165) is 15.4 Å². The molecule has 28 heavy (non-hydrogen) atoms. The number of carbonyl (C=O) groups is 1. The fourth-order valence-electron chi connectivity index (χ4n) is 2.21. The molecule has 1 amide bonds. The van der Waals surface area contributed by atoms with E-state index in [2.05, 4.69) is 31.4 Å². The van der Waals surface area contributed by atoms with Gasteiger partial charge in [0.05, 0.1) is 17.3 Å². The van der Waals surface area contributed by atoms with Crippen molar-refractivity contribution in [2.24, 2.45) is 5.16 Å². The van der Waals surface area contributed by atoms with Crippen LogP contribution in [0.1, 0.15) is 34.6 Å². The molecule has 0 radical (unpaired) electrons. The summed E-state index contributed by atoms with van der Waals surface area (Å²) < 4.78 is 6.79. The van der Waals surface area contributed by atoms with Gasteiger partial charge >= 0.3 is 0 Å². The molecule has 1 aromatic carbocycles. The third-order valence-electron chi connectivity index (χ3n) is 3.44. The van der Waals surface area contributed by atoms with E-state index in [0.29, 0.717) is 5.75 Å². The zero-order valence-corrected chi connectivity index (χ0v) is 19.3. The molecule has 0 saturated carbocycles. The fraction of sp³-hybridized carbons (Fsp3) is 0.450. The Morgan fingerprint density at radius 1 is 1.29 bits per heavy atom. The third-order valence-corrected chi connectivity index (χ3v) is 4.61.